The molecular formula is C23H37N5O2. The number of nitrogens with zero attached hydrogens (tertiary/aromatic N) is 3. The van der Waals surface area contributed by atoms with E-state index in [1.54, 1.807) is 19.0 Å². The second-order valence-electron chi connectivity index (χ2n) is 8.50. The van der Waals surface area contributed by atoms with Crippen LogP contribution in [-0.2, 0) is 16.1 Å². The molecular weight excluding hydrogens is 378 g/mol. The minimum Gasteiger partial charge on any atom is -0.376 e. The molecule has 7 nitrogen and oxygen atoms in total. The van der Waals surface area contributed by atoms with Crippen LogP contribution >= 0.6 is 0 Å². The Balaban J connectivity index is 1.49. The van der Waals surface area contributed by atoms with Gasteiger partial charge in [0, 0.05) is 52.9 Å². The lowest BCUT2D eigenvalue weighted by Crippen LogP contribution is -2.50. The second kappa shape index (κ2) is 11.9. The Morgan fingerprint density at radius 2 is 1.93 bits per heavy atom. The normalized spacial score (nSPS) is 21.3. The number of hydrogen-bond acceptors (Lipinski definition) is 4. The van der Waals surface area contributed by atoms with Gasteiger partial charge in [-0.15, -0.1) is 0 Å². The Labute approximate surface area is 180 Å². The Morgan fingerprint density at radius 3 is 2.60 bits per heavy atom. The van der Waals surface area contributed by atoms with Gasteiger partial charge in [0.15, 0.2) is 5.96 Å². The van der Waals surface area contributed by atoms with Crippen molar-refractivity contribution in [1.29, 1.82) is 0 Å². The van der Waals surface area contributed by atoms with E-state index in [2.05, 4.69) is 50.9 Å². The number of carbonyl (C=O) groups is 1. The third kappa shape index (κ3) is 7.61. The Kier molecular flexibility index (Phi) is 8.96. The zero-order chi connectivity index (χ0) is 21.2. The van der Waals surface area contributed by atoms with Crippen LogP contribution in [0, 0.1) is 0 Å². The summed E-state index contributed by atoms with van der Waals surface area (Å²) < 4.78 is 5.83. The van der Waals surface area contributed by atoms with Crippen LogP contribution in [0.15, 0.2) is 35.3 Å². The number of nitrogens with one attached hydrogen (secondary N) is 2. The first-order valence-electron chi connectivity index (χ1n) is 11.2. The lowest BCUT2D eigenvalue weighted by atomic mass is 10.0. The summed E-state index contributed by atoms with van der Waals surface area (Å²) in [6.45, 7) is 4.84. The molecule has 1 aromatic carbocycles. The number of amides is 1. The Morgan fingerprint density at radius 1 is 1.17 bits per heavy atom. The average Bonchev–Trinajstić information content (AvgIpc) is 2.78. The molecule has 0 bridgehead atoms. The van der Waals surface area contributed by atoms with Gasteiger partial charge in [0.05, 0.1) is 6.10 Å². The van der Waals surface area contributed by atoms with Gasteiger partial charge in [0.2, 0.25) is 5.91 Å². The standard InChI is InChI=1S/C23H37N5O2/c1-27(2)22(29)17-25-23(24-16-21-10-6-7-15-30-21)26-20-11-13-28(14-12-20)18-19-8-4-3-5-9-19/h3-5,8-9,20-21H,6-7,10-18H2,1-2H3,(H2,24,25,26). The van der Waals surface area contributed by atoms with E-state index >= 15 is 0 Å². The van der Waals surface area contributed by atoms with Crippen molar-refractivity contribution in [3.63, 3.8) is 0 Å². The number of hydrogen-bond donors (Lipinski definition) is 2. The fourth-order valence-corrected chi connectivity index (χ4v) is 3.89. The number of ether oxygens (including phenoxy) is 1. The van der Waals surface area contributed by atoms with E-state index in [1.807, 2.05) is 0 Å². The predicted octanol–water partition coefficient (Wildman–Crippen LogP) is 1.84. The fourth-order valence-electron chi connectivity index (χ4n) is 3.89. The SMILES string of the molecule is CN(C)C(=O)CN=C(NCC1CCCCO1)NC1CCN(Cc2ccccc2)CC1. The summed E-state index contributed by atoms with van der Waals surface area (Å²) in [4.78, 5) is 20.6. The van der Waals surface area contributed by atoms with Gasteiger partial charge in [0.25, 0.3) is 0 Å². The van der Waals surface area contributed by atoms with E-state index in [1.165, 1.54) is 12.0 Å². The molecule has 3 rings (SSSR count). The molecule has 30 heavy (non-hydrogen) atoms. The largest absolute Gasteiger partial charge is 0.376 e. The second-order valence-corrected chi connectivity index (χ2v) is 8.50. The summed E-state index contributed by atoms with van der Waals surface area (Å²) in [6, 6.07) is 11.0. The fraction of sp³-hybridized carbons (Fsp3) is 0.652. The topological polar surface area (TPSA) is 69.2 Å². The zero-order valence-electron chi connectivity index (χ0n) is 18.5. The van der Waals surface area contributed by atoms with Crippen LogP contribution < -0.4 is 10.6 Å². The van der Waals surface area contributed by atoms with Crippen molar-refractivity contribution in [2.24, 2.45) is 4.99 Å². The van der Waals surface area contributed by atoms with E-state index < -0.39 is 0 Å². The summed E-state index contributed by atoms with van der Waals surface area (Å²) in [5.41, 5.74) is 1.36. The number of aliphatic imine (C=N–C) groups is 1. The number of likely N-dealkylation sites (N-methyl/N-ethyl adjacent to an activating group) is 1. The van der Waals surface area contributed by atoms with Gasteiger partial charge in [0.1, 0.15) is 6.54 Å². The van der Waals surface area contributed by atoms with Crippen LogP contribution in [-0.4, -0.2) is 80.7 Å². The van der Waals surface area contributed by atoms with Crippen molar-refractivity contribution in [3.05, 3.63) is 35.9 Å². The maximum atomic E-state index is 12.0. The molecule has 1 unspecified atom stereocenters. The van der Waals surface area contributed by atoms with Crippen molar-refractivity contribution in [2.45, 2.75) is 50.8 Å². The molecule has 2 saturated heterocycles. The molecule has 0 saturated carbocycles. The first kappa shape index (κ1) is 22.6. The van der Waals surface area contributed by atoms with E-state index in [0.29, 0.717) is 6.04 Å². The minimum atomic E-state index is 0.00250. The monoisotopic (exact) mass is 415 g/mol. The summed E-state index contributed by atoms with van der Waals surface area (Å²) in [7, 11) is 3.52. The van der Waals surface area contributed by atoms with Gasteiger partial charge in [-0.3, -0.25) is 9.69 Å². The van der Waals surface area contributed by atoms with Gasteiger partial charge < -0.3 is 20.3 Å². The first-order chi connectivity index (χ1) is 14.6. The molecule has 166 valence electrons. The molecule has 2 fully saturated rings. The van der Waals surface area contributed by atoms with Crippen LogP contribution in [0.4, 0.5) is 0 Å². The number of likely N-dealkylation sites (tertiary alicyclic amines) is 1. The highest BCUT2D eigenvalue weighted by Gasteiger charge is 2.21. The lowest BCUT2D eigenvalue weighted by molar-refractivity contribution is -0.127. The summed E-state index contributed by atoms with van der Waals surface area (Å²) in [6.07, 6.45) is 5.79. The van der Waals surface area contributed by atoms with Gasteiger partial charge in [-0.1, -0.05) is 30.3 Å². The molecule has 7 heteroatoms. The Hall–Kier alpha value is -2.12. The van der Waals surface area contributed by atoms with Crippen molar-refractivity contribution in [2.75, 3.05) is 46.9 Å². The summed E-state index contributed by atoms with van der Waals surface area (Å²) >= 11 is 0. The summed E-state index contributed by atoms with van der Waals surface area (Å²) in [5.74, 6) is 0.726. The molecule has 1 amide bonds. The molecule has 0 spiro atoms. The van der Waals surface area contributed by atoms with E-state index in [-0.39, 0.29) is 18.6 Å². The van der Waals surface area contributed by atoms with Gasteiger partial charge >= 0.3 is 0 Å². The average molecular weight is 416 g/mol. The van der Waals surface area contributed by atoms with E-state index in [9.17, 15) is 4.79 Å². The molecule has 1 aromatic rings. The van der Waals surface area contributed by atoms with Gasteiger partial charge in [-0.2, -0.15) is 0 Å². The maximum Gasteiger partial charge on any atom is 0.243 e. The Bertz CT molecular complexity index is 665. The molecule has 2 heterocycles. The highest BCUT2D eigenvalue weighted by molar-refractivity contribution is 5.84. The van der Waals surface area contributed by atoms with Gasteiger partial charge in [-0.05, 0) is 37.7 Å². The van der Waals surface area contributed by atoms with Crippen LogP contribution in [0.25, 0.3) is 0 Å². The van der Waals surface area contributed by atoms with Crippen LogP contribution in [0.2, 0.25) is 0 Å². The van der Waals surface area contributed by atoms with E-state index in [0.717, 1.165) is 64.4 Å². The number of carbonyl (C=O) groups excluding carboxylic acids is 1. The molecule has 2 aliphatic heterocycles. The number of rotatable bonds is 7. The van der Waals surface area contributed by atoms with Crippen molar-refractivity contribution >= 4 is 11.9 Å². The molecule has 0 aliphatic carbocycles. The summed E-state index contributed by atoms with van der Waals surface area (Å²) in [5, 5.41) is 6.97. The smallest absolute Gasteiger partial charge is 0.243 e. The third-order valence-electron chi connectivity index (χ3n) is 5.82. The highest BCUT2D eigenvalue weighted by Crippen LogP contribution is 2.14. The predicted molar refractivity (Wildman–Crippen MR) is 120 cm³/mol. The molecule has 0 aromatic heterocycles. The first-order valence-corrected chi connectivity index (χ1v) is 11.2. The third-order valence-corrected chi connectivity index (χ3v) is 5.82. The van der Waals surface area contributed by atoms with Crippen molar-refractivity contribution in [1.82, 2.24) is 20.4 Å². The molecule has 0 radical (unpaired) electrons. The maximum absolute atomic E-state index is 12.0. The number of guanidine groups is 1. The minimum absolute atomic E-state index is 0.00250. The molecule has 2 N–H and O–H groups in total. The van der Waals surface area contributed by atoms with E-state index in [4.69, 9.17) is 4.74 Å². The van der Waals surface area contributed by atoms with Crippen molar-refractivity contribution in [3.8, 4) is 0 Å². The zero-order valence-corrected chi connectivity index (χ0v) is 18.5. The van der Waals surface area contributed by atoms with Crippen molar-refractivity contribution < 1.29 is 9.53 Å². The quantitative estimate of drug-likeness (QED) is 0.525. The van der Waals surface area contributed by atoms with Crippen LogP contribution in [0.3, 0.4) is 0 Å². The van der Waals surface area contributed by atoms with Crippen LogP contribution in [0.1, 0.15) is 37.7 Å². The highest BCUT2D eigenvalue weighted by atomic mass is 16.5. The number of piperidine rings is 1. The number of benzene rings is 1. The van der Waals surface area contributed by atoms with Crippen LogP contribution in [0.5, 0.6) is 0 Å². The van der Waals surface area contributed by atoms with Gasteiger partial charge in [-0.25, -0.2) is 4.99 Å². The molecule has 1 atom stereocenters. The lowest BCUT2D eigenvalue weighted by Gasteiger charge is -2.33. The molecule has 2 aliphatic rings.